The maximum Gasteiger partial charge on any atom is 0.272 e. The van der Waals surface area contributed by atoms with Crippen molar-refractivity contribution >= 4 is 28.9 Å². The number of rotatable bonds is 3. The largest absolute Gasteiger partial charge is 0.436 e. The molecule has 0 unspecified atom stereocenters. The third-order valence-electron chi connectivity index (χ3n) is 3.38. The molecule has 0 aliphatic rings. The Bertz CT molecular complexity index is 877. The normalized spacial score (nSPS) is 11.4. The number of fused-ring (bicyclic) bond motifs is 1. The zero-order chi connectivity index (χ0) is 15.7. The lowest BCUT2D eigenvalue weighted by Crippen LogP contribution is -1.88. The van der Waals surface area contributed by atoms with Crippen LogP contribution in [0.4, 0.5) is 5.69 Å². The molecule has 0 aliphatic carbocycles. The smallest absolute Gasteiger partial charge is 0.272 e. The van der Waals surface area contributed by atoms with Crippen molar-refractivity contribution in [2.24, 2.45) is 0 Å². The van der Waals surface area contributed by atoms with Crippen LogP contribution in [0.5, 0.6) is 0 Å². The monoisotopic (exact) mass is 294 g/mol. The molecule has 0 spiro atoms. The number of aryl methyl sites for hydroxylation is 2. The quantitative estimate of drug-likeness (QED) is 0.526. The van der Waals surface area contributed by atoms with Gasteiger partial charge in [0.25, 0.3) is 5.69 Å². The van der Waals surface area contributed by atoms with Crippen LogP contribution in [0.15, 0.2) is 40.8 Å². The van der Waals surface area contributed by atoms with E-state index in [9.17, 15) is 10.1 Å². The van der Waals surface area contributed by atoms with Crippen LogP contribution in [0.25, 0.3) is 23.3 Å². The summed E-state index contributed by atoms with van der Waals surface area (Å²) in [7, 11) is 0. The van der Waals surface area contributed by atoms with Crippen LogP contribution in [0.2, 0.25) is 0 Å². The van der Waals surface area contributed by atoms with E-state index in [2.05, 4.69) is 4.98 Å². The predicted molar refractivity (Wildman–Crippen MR) is 85.5 cm³/mol. The molecule has 5 heteroatoms. The maximum atomic E-state index is 10.9. The van der Waals surface area contributed by atoms with E-state index in [-0.39, 0.29) is 5.69 Å². The van der Waals surface area contributed by atoms with Gasteiger partial charge in [0, 0.05) is 23.8 Å². The van der Waals surface area contributed by atoms with Gasteiger partial charge in [-0.05, 0) is 25.5 Å². The Morgan fingerprint density at radius 1 is 1.14 bits per heavy atom. The topological polar surface area (TPSA) is 69.2 Å². The van der Waals surface area contributed by atoms with E-state index in [0.29, 0.717) is 22.6 Å². The molecular formula is C17H14N2O3. The van der Waals surface area contributed by atoms with Gasteiger partial charge in [-0.1, -0.05) is 29.8 Å². The Morgan fingerprint density at radius 2 is 1.86 bits per heavy atom. The van der Waals surface area contributed by atoms with Crippen LogP contribution in [0.1, 0.15) is 22.6 Å². The van der Waals surface area contributed by atoms with Crippen LogP contribution in [0.3, 0.4) is 0 Å². The van der Waals surface area contributed by atoms with Crippen LogP contribution < -0.4 is 0 Å². The third kappa shape index (κ3) is 2.74. The summed E-state index contributed by atoms with van der Waals surface area (Å²) in [5.74, 6) is 0.430. The lowest BCUT2D eigenvalue weighted by atomic mass is 10.1. The standard InChI is InChI=1S/C17H14N2O3/c1-11-3-5-13(6-4-11)7-8-16-18-15-10-14(19(20)21)9-12(2)17(15)22-16/h3-10H,1-2H3/b8-7+. The molecule has 22 heavy (non-hydrogen) atoms. The Hall–Kier alpha value is -2.95. The molecule has 3 aromatic rings. The Morgan fingerprint density at radius 3 is 2.55 bits per heavy atom. The molecule has 110 valence electrons. The van der Waals surface area contributed by atoms with Gasteiger partial charge in [0.1, 0.15) is 5.52 Å². The van der Waals surface area contributed by atoms with Gasteiger partial charge in [-0.3, -0.25) is 10.1 Å². The summed E-state index contributed by atoms with van der Waals surface area (Å²) in [6.07, 6.45) is 3.66. The summed E-state index contributed by atoms with van der Waals surface area (Å²) in [5, 5.41) is 10.9. The van der Waals surface area contributed by atoms with Crippen molar-refractivity contribution in [3.05, 3.63) is 69.1 Å². The first-order valence-electron chi connectivity index (χ1n) is 6.83. The van der Waals surface area contributed by atoms with Crippen molar-refractivity contribution in [3.63, 3.8) is 0 Å². The highest BCUT2D eigenvalue weighted by molar-refractivity contribution is 5.81. The summed E-state index contributed by atoms with van der Waals surface area (Å²) in [6.45, 7) is 3.80. The predicted octanol–water partition coefficient (Wildman–Crippen LogP) is 4.52. The number of nitrogens with zero attached hydrogens (tertiary/aromatic N) is 2. The summed E-state index contributed by atoms with van der Waals surface area (Å²) in [6, 6.07) is 11.0. The molecule has 0 radical (unpaired) electrons. The summed E-state index contributed by atoms with van der Waals surface area (Å²) in [5.41, 5.74) is 4.03. The lowest BCUT2D eigenvalue weighted by Gasteiger charge is -1.94. The van der Waals surface area contributed by atoms with Crippen LogP contribution in [-0.4, -0.2) is 9.91 Å². The van der Waals surface area contributed by atoms with Crippen molar-refractivity contribution < 1.29 is 9.34 Å². The minimum Gasteiger partial charge on any atom is -0.436 e. The van der Waals surface area contributed by atoms with Crippen LogP contribution >= 0.6 is 0 Å². The fraction of sp³-hybridized carbons (Fsp3) is 0.118. The highest BCUT2D eigenvalue weighted by Gasteiger charge is 2.13. The SMILES string of the molecule is Cc1ccc(/C=C/c2nc3cc([N+](=O)[O-])cc(C)c3o2)cc1. The van der Waals surface area contributed by atoms with Gasteiger partial charge < -0.3 is 4.42 Å². The number of nitro groups is 1. The van der Waals surface area contributed by atoms with Crippen LogP contribution in [0, 0.1) is 24.0 Å². The molecular weight excluding hydrogens is 280 g/mol. The highest BCUT2D eigenvalue weighted by atomic mass is 16.6. The summed E-state index contributed by atoms with van der Waals surface area (Å²) in [4.78, 5) is 14.7. The molecule has 0 N–H and O–H groups in total. The van der Waals surface area contributed by atoms with Gasteiger partial charge in [-0.2, -0.15) is 0 Å². The van der Waals surface area contributed by atoms with E-state index in [1.165, 1.54) is 17.7 Å². The molecule has 5 nitrogen and oxygen atoms in total. The molecule has 0 fully saturated rings. The highest BCUT2D eigenvalue weighted by Crippen LogP contribution is 2.26. The number of oxazole rings is 1. The van der Waals surface area contributed by atoms with Gasteiger partial charge in [0.15, 0.2) is 5.58 Å². The van der Waals surface area contributed by atoms with E-state index < -0.39 is 4.92 Å². The van der Waals surface area contributed by atoms with Gasteiger partial charge in [-0.15, -0.1) is 0 Å². The summed E-state index contributed by atoms with van der Waals surface area (Å²) >= 11 is 0. The molecule has 0 amide bonds. The number of hydrogen-bond acceptors (Lipinski definition) is 4. The minimum absolute atomic E-state index is 0.0207. The average Bonchev–Trinajstić information content (AvgIpc) is 2.90. The Labute approximate surface area is 127 Å². The van der Waals surface area contributed by atoms with Gasteiger partial charge in [0.05, 0.1) is 4.92 Å². The van der Waals surface area contributed by atoms with Crippen molar-refractivity contribution in [1.29, 1.82) is 0 Å². The van der Waals surface area contributed by atoms with E-state index in [1.807, 2.05) is 37.3 Å². The molecule has 0 saturated heterocycles. The number of nitro benzene ring substituents is 1. The van der Waals surface area contributed by atoms with E-state index >= 15 is 0 Å². The second-order valence-electron chi connectivity index (χ2n) is 5.16. The van der Waals surface area contributed by atoms with Crippen LogP contribution in [-0.2, 0) is 0 Å². The Kier molecular flexibility index (Phi) is 3.47. The molecule has 0 saturated carbocycles. The number of aromatic nitrogens is 1. The van der Waals surface area contributed by atoms with Crippen molar-refractivity contribution in [1.82, 2.24) is 4.98 Å². The first-order chi connectivity index (χ1) is 10.5. The zero-order valence-electron chi connectivity index (χ0n) is 12.2. The fourth-order valence-electron chi connectivity index (χ4n) is 2.22. The van der Waals surface area contributed by atoms with Crippen molar-refractivity contribution in [3.8, 4) is 0 Å². The van der Waals surface area contributed by atoms with Crippen molar-refractivity contribution in [2.45, 2.75) is 13.8 Å². The number of benzene rings is 2. The fourth-order valence-corrected chi connectivity index (χ4v) is 2.22. The van der Waals surface area contributed by atoms with Gasteiger partial charge in [-0.25, -0.2) is 4.98 Å². The second-order valence-corrected chi connectivity index (χ2v) is 5.16. The minimum atomic E-state index is -0.428. The average molecular weight is 294 g/mol. The lowest BCUT2D eigenvalue weighted by molar-refractivity contribution is -0.384. The van der Waals surface area contributed by atoms with Gasteiger partial charge in [0.2, 0.25) is 5.89 Å². The molecule has 0 bridgehead atoms. The molecule has 1 heterocycles. The molecule has 1 aromatic heterocycles. The Balaban J connectivity index is 1.96. The van der Waals surface area contributed by atoms with E-state index in [0.717, 1.165) is 5.56 Å². The first kappa shape index (κ1) is 14.0. The number of non-ortho nitro benzene ring substituents is 1. The summed E-state index contributed by atoms with van der Waals surface area (Å²) < 4.78 is 5.66. The second kappa shape index (κ2) is 5.44. The molecule has 0 aliphatic heterocycles. The maximum absolute atomic E-state index is 10.9. The first-order valence-corrected chi connectivity index (χ1v) is 6.83. The molecule has 0 atom stereocenters. The van der Waals surface area contributed by atoms with E-state index in [1.54, 1.807) is 13.0 Å². The van der Waals surface area contributed by atoms with Gasteiger partial charge >= 0.3 is 0 Å². The molecule has 2 aromatic carbocycles. The zero-order valence-corrected chi connectivity index (χ0v) is 12.2. The van der Waals surface area contributed by atoms with Crippen molar-refractivity contribution in [2.75, 3.05) is 0 Å². The molecule has 3 rings (SSSR count). The third-order valence-corrected chi connectivity index (χ3v) is 3.38. The van der Waals surface area contributed by atoms with E-state index in [4.69, 9.17) is 4.42 Å². The number of hydrogen-bond donors (Lipinski definition) is 0.